The van der Waals surface area contributed by atoms with Crippen LogP contribution in [0.2, 0.25) is 0 Å². The van der Waals surface area contributed by atoms with Crippen molar-refractivity contribution in [3.63, 3.8) is 0 Å². The van der Waals surface area contributed by atoms with Crippen molar-refractivity contribution >= 4 is 11.7 Å². The zero-order chi connectivity index (χ0) is 11.5. The monoisotopic (exact) mass is 222 g/mol. The molecule has 0 saturated heterocycles. The Morgan fingerprint density at radius 1 is 1.50 bits per heavy atom. The highest BCUT2D eigenvalue weighted by molar-refractivity contribution is 6.04. The number of hydrogen-bond donors (Lipinski definition) is 2. The van der Waals surface area contributed by atoms with Gasteiger partial charge in [0.15, 0.2) is 0 Å². The van der Waals surface area contributed by atoms with Crippen molar-refractivity contribution in [3.8, 4) is 0 Å². The zero-order valence-electron chi connectivity index (χ0n) is 8.48. The number of nitrogens with zero attached hydrogens (tertiary/aromatic N) is 1. The highest BCUT2D eigenvalue weighted by Crippen LogP contribution is 2.17. The summed E-state index contributed by atoms with van der Waals surface area (Å²) in [5.74, 6) is -1.32. The van der Waals surface area contributed by atoms with Crippen LogP contribution in [0.25, 0.3) is 0 Å². The van der Waals surface area contributed by atoms with Crippen LogP contribution in [0.3, 0.4) is 0 Å². The lowest BCUT2D eigenvalue weighted by molar-refractivity contribution is -0.137. The number of carboxylic acid groups (broad SMARTS) is 1. The molecule has 1 aliphatic heterocycles. The van der Waals surface area contributed by atoms with Crippen LogP contribution in [0.4, 0.5) is 4.39 Å². The third-order valence-electron chi connectivity index (χ3n) is 2.48. The molecule has 5 heteroatoms. The number of aliphatic carboxylic acids is 1. The van der Waals surface area contributed by atoms with E-state index < -0.39 is 5.97 Å². The van der Waals surface area contributed by atoms with Crippen LogP contribution in [0.5, 0.6) is 0 Å². The predicted molar refractivity (Wildman–Crippen MR) is 56.7 cm³/mol. The first kappa shape index (κ1) is 10.6. The lowest BCUT2D eigenvalue weighted by Crippen LogP contribution is -2.20. The number of rotatable bonds is 3. The Kier molecular flexibility index (Phi) is 2.85. The summed E-state index contributed by atoms with van der Waals surface area (Å²) in [5, 5.41) is 12.8. The fourth-order valence-corrected chi connectivity index (χ4v) is 1.73. The van der Waals surface area contributed by atoms with Crippen LogP contribution in [0.15, 0.2) is 29.4 Å². The minimum atomic E-state index is -0.858. The van der Waals surface area contributed by atoms with E-state index in [4.69, 9.17) is 5.11 Å². The molecule has 1 aliphatic rings. The Balaban J connectivity index is 2.19. The van der Waals surface area contributed by atoms with Gasteiger partial charge in [-0.25, -0.2) is 4.39 Å². The normalized spacial score (nSPS) is 19.1. The smallest absolute Gasteiger partial charge is 0.304 e. The van der Waals surface area contributed by atoms with Gasteiger partial charge in [0.1, 0.15) is 5.82 Å². The van der Waals surface area contributed by atoms with Gasteiger partial charge in [0.05, 0.1) is 12.1 Å². The van der Waals surface area contributed by atoms with Gasteiger partial charge in [-0.15, -0.1) is 0 Å². The van der Waals surface area contributed by atoms with Gasteiger partial charge in [-0.2, -0.15) is 5.10 Å². The fraction of sp³-hybridized carbons (Fsp3) is 0.273. The number of hydrogen-bond acceptors (Lipinski definition) is 3. The summed E-state index contributed by atoms with van der Waals surface area (Å²) in [6, 6.07) is 5.90. The van der Waals surface area contributed by atoms with Gasteiger partial charge in [0.2, 0.25) is 0 Å². The maximum Gasteiger partial charge on any atom is 0.304 e. The van der Waals surface area contributed by atoms with E-state index in [0.29, 0.717) is 12.3 Å². The van der Waals surface area contributed by atoms with E-state index in [0.717, 1.165) is 5.56 Å². The zero-order valence-corrected chi connectivity index (χ0v) is 8.48. The van der Waals surface area contributed by atoms with Gasteiger partial charge in [0, 0.05) is 12.5 Å². The summed E-state index contributed by atoms with van der Waals surface area (Å²) in [5.41, 5.74) is 4.22. The molecule has 1 unspecified atom stereocenters. The average molecular weight is 222 g/mol. The minimum Gasteiger partial charge on any atom is -0.481 e. The quantitative estimate of drug-likeness (QED) is 0.808. The molecule has 1 atom stereocenters. The Bertz CT molecular complexity index is 428. The first-order valence-electron chi connectivity index (χ1n) is 4.95. The molecule has 4 nitrogen and oxygen atoms in total. The average Bonchev–Trinajstić information content (AvgIpc) is 2.66. The van der Waals surface area contributed by atoms with Crippen molar-refractivity contribution < 1.29 is 14.3 Å². The second kappa shape index (κ2) is 4.30. The Labute approximate surface area is 91.8 Å². The van der Waals surface area contributed by atoms with Crippen LogP contribution in [0.1, 0.15) is 12.0 Å². The minimum absolute atomic E-state index is 0.0310. The van der Waals surface area contributed by atoms with E-state index >= 15 is 0 Å². The van der Waals surface area contributed by atoms with Crippen molar-refractivity contribution in [3.05, 3.63) is 35.6 Å². The van der Waals surface area contributed by atoms with E-state index in [1.54, 1.807) is 12.1 Å². The van der Waals surface area contributed by atoms with Crippen molar-refractivity contribution in [1.82, 2.24) is 5.43 Å². The van der Waals surface area contributed by atoms with Crippen molar-refractivity contribution in [2.75, 3.05) is 6.54 Å². The molecule has 0 fully saturated rings. The third kappa shape index (κ3) is 2.18. The first-order chi connectivity index (χ1) is 7.66. The predicted octanol–water partition coefficient (Wildman–Crippen LogP) is 1.22. The lowest BCUT2D eigenvalue weighted by atomic mass is 9.95. The van der Waals surface area contributed by atoms with Crippen molar-refractivity contribution in [2.45, 2.75) is 6.42 Å². The SMILES string of the molecule is O=C(O)CC1CNN=C1c1ccc(F)cc1. The third-order valence-corrected chi connectivity index (χ3v) is 2.48. The van der Waals surface area contributed by atoms with E-state index in [9.17, 15) is 9.18 Å². The summed E-state index contributed by atoms with van der Waals surface area (Å²) in [6.07, 6.45) is 0.0310. The Hall–Kier alpha value is -1.91. The molecule has 1 aromatic carbocycles. The summed E-state index contributed by atoms with van der Waals surface area (Å²) in [4.78, 5) is 10.6. The van der Waals surface area contributed by atoms with Crippen LogP contribution in [0, 0.1) is 11.7 Å². The molecule has 2 rings (SSSR count). The van der Waals surface area contributed by atoms with Crippen LogP contribution >= 0.6 is 0 Å². The van der Waals surface area contributed by atoms with Gasteiger partial charge in [0.25, 0.3) is 0 Å². The maximum atomic E-state index is 12.7. The highest BCUT2D eigenvalue weighted by Gasteiger charge is 2.24. The van der Waals surface area contributed by atoms with Crippen LogP contribution < -0.4 is 5.43 Å². The molecule has 1 heterocycles. The second-order valence-corrected chi connectivity index (χ2v) is 3.66. The van der Waals surface area contributed by atoms with E-state index in [-0.39, 0.29) is 18.2 Å². The number of benzene rings is 1. The molecular weight excluding hydrogens is 211 g/mol. The molecule has 0 radical (unpaired) electrons. The van der Waals surface area contributed by atoms with Crippen LogP contribution in [-0.4, -0.2) is 23.3 Å². The van der Waals surface area contributed by atoms with Crippen molar-refractivity contribution in [2.24, 2.45) is 11.0 Å². The Morgan fingerprint density at radius 2 is 2.19 bits per heavy atom. The number of carbonyl (C=O) groups is 1. The van der Waals surface area contributed by atoms with Gasteiger partial charge in [-0.05, 0) is 17.7 Å². The molecule has 1 aromatic rings. The molecule has 0 amide bonds. The Morgan fingerprint density at radius 3 is 2.81 bits per heavy atom. The molecule has 0 bridgehead atoms. The van der Waals surface area contributed by atoms with Gasteiger partial charge < -0.3 is 10.5 Å². The number of hydrazone groups is 1. The molecule has 2 N–H and O–H groups in total. The van der Waals surface area contributed by atoms with E-state index in [1.807, 2.05) is 0 Å². The summed E-state index contributed by atoms with van der Waals surface area (Å²) >= 11 is 0. The van der Waals surface area contributed by atoms with Gasteiger partial charge >= 0.3 is 5.97 Å². The van der Waals surface area contributed by atoms with E-state index in [2.05, 4.69) is 10.5 Å². The molecule has 16 heavy (non-hydrogen) atoms. The molecule has 84 valence electrons. The first-order valence-corrected chi connectivity index (χ1v) is 4.95. The molecule has 0 aliphatic carbocycles. The lowest BCUT2D eigenvalue weighted by Gasteiger charge is -2.08. The molecule has 0 aromatic heterocycles. The second-order valence-electron chi connectivity index (χ2n) is 3.66. The highest BCUT2D eigenvalue weighted by atomic mass is 19.1. The summed E-state index contributed by atoms with van der Waals surface area (Å²) in [7, 11) is 0. The fourth-order valence-electron chi connectivity index (χ4n) is 1.73. The van der Waals surface area contributed by atoms with Crippen LogP contribution in [-0.2, 0) is 4.79 Å². The number of carboxylic acids is 1. The topological polar surface area (TPSA) is 61.7 Å². The van der Waals surface area contributed by atoms with Gasteiger partial charge in [-0.1, -0.05) is 12.1 Å². The standard InChI is InChI=1S/C11H11FN2O2/c12-9-3-1-7(2-4-9)11-8(5-10(15)16)6-13-14-11/h1-4,8,13H,5-6H2,(H,15,16). The largest absolute Gasteiger partial charge is 0.481 e. The summed E-state index contributed by atoms with van der Waals surface area (Å²) < 4.78 is 12.7. The summed E-state index contributed by atoms with van der Waals surface area (Å²) in [6.45, 7) is 0.513. The molecular formula is C11H11FN2O2. The van der Waals surface area contributed by atoms with E-state index in [1.165, 1.54) is 12.1 Å². The number of halogens is 1. The van der Waals surface area contributed by atoms with Crippen molar-refractivity contribution in [1.29, 1.82) is 0 Å². The van der Waals surface area contributed by atoms with Gasteiger partial charge in [-0.3, -0.25) is 4.79 Å². The molecule has 0 saturated carbocycles. The maximum absolute atomic E-state index is 12.7. The number of nitrogens with one attached hydrogen (secondary N) is 1. The molecule has 0 spiro atoms.